The summed E-state index contributed by atoms with van der Waals surface area (Å²) in [5.41, 5.74) is 12.5. The van der Waals surface area contributed by atoms with Gasteiger partial charge in [-0.2, -0.15) is 0 Å². The van der Waals surface area contributed by atoms with Crippen LogP contribution in [0.3, 0.4) is 0 Å². The van der Waals surface area contributed by atoms with Gasteiger partial charge in [-0.05, 0) is 18.7 Å². The lowest BCUT2D eigenvalue weighted by Crippen LogP contribution is -2.33. The van der Waals surface area contributed by atoms with Crippen molar-refractivity contribution in [1.82, 2.24) is 4.90 Å². The lowest BCUT2D eigenvalue weighted by molar-refractivity contribution is -0.119. The molecule has 0 heterocycles. The molecule has 0 spiro atoms. The number of rotatable bonds is 5. The molecule has 5 heteroatoms. The van der Waals surface area contributed by atoms with E-state index in [2.05, 4.69) is 0 Å². The molecule has 0 aliphatic rings. The predicted molar refractivity (Wildman–Crippen MR) is 66.0 cm³/mol. The second-order valence-electron chi connectivity index (χ2n) is 3.58. The monoisotopic (exact) mass is 241 g/mol. The largest absolute Gasteiger partial charge is 0.398 e. The van der Waals surface area contributed by atoms with Crippen molar-refractivity contribution in [3.05, 3.63) is 28.8 Å². The zero-order chi connectivity index (χ0) is 12.1. The fourth-order valence-electron chi connectivity index (χ4n) is 1.47. The first kappa shape index (κ1) is 12.8. The van der Waals surface area contributed by atoms with Gasteiger partial charge in [-0.3, -0.25) is 9.69 Å². The zero-order valence-electron chi connectivity index (χ0n) is 9.24. The molecular weight excluding hydrogens is 226 g/mol. The molecule has 0 atom stereocenters. The van der Waals surface area contributed by atoms with E-state index in [1.54, 1.807) is 18.2 Å². The normalized spacial score (nSPS) is 10.7. The van der Waals surface area contributed by atoms with Crippen LogP contribution in [0.5, 0.6) is 0 Å². The summed E-state index contributed by atoms with van der Waals surface area (Å²) in [6.07, 6.45) is 0. The molecule has 0 fully saturated rings. The van der Waals surface area contributed by atoms with Crippen molar-refractivity contribution in [2.24, 2.45) is 5.73 Å². The Morgan fingerprint density at radius 1 is 1.50 bits per heavy atom. The van der Waals surface area contributed by atoms with E-state index >= 15 is 0 Å². The number of likely N-dealkylation sites (N-methyl/N-ethyl adjacent to an activating group) is 1. The molecule has 0 aliphatic heterocycles. The van der Waals surface area contributed by atoms with Crippen molar-refractivity contribution in [2.75, 3.05) is 18.8 Å². The standard InChI is InChI=1S/C11H16ClN3O/c1-2-15(7-11(14)16)6-8-9(12)4-3-5-10(8)13/h3-5H,2,6-7,13H2,1H3,(H2,14,16). The smallest absolute Gasteiger partial charge is 0.231 e. The van der Waals surface area contributed by atoms with E-state index in [1.807, 2.05) is 11.8 Å². The van der Waals surface area contributed by atoms with Crippen LogP contribution in [0.15, 0.2) is 18.2 Å². The number of amides is 1. The van der Waals surface area contributed by atoms with Crippen LogP contribution in [0.2, 0.25) is 5.02 Å². The van der Waals surface area contributed by atoms with Gasteiger partial charge in [0, 0.05) is 22.8 Å². The first-order chi connectivity index (χ1) is 7.54. The van der Waals surface area contributed by atoms with Gasteiger partial charge in [0.1, 0.15) is 0 Å². The van der Waals surface area contributed by atoms with Crippen molar-refractivity contribution < 1.29 is 4.79 Å². The molecule has 4 nitrogen and oxygen atoms in total. The van der Waals surface area contributed by atoms with E-state index < -0.39 is 0 Å². The number of halogens is 1. The molecule has 1 amide bonds. The van der Waals surface area contributed by atoms with Crippen molar-refractivity contribution in [2.45, 2.75) is 13.5 Å². The molecule has 0 saturated heterocycles. The lowest BCUT2D eigenvalue weighted by Gasteiger charge is -2.20. The maximum atomic E-state index is 10.8. The van der Waals surface area contributed by atoms with Gasteiger partial charge in [0.15, 0.2) is 0 Å². The summed E-state index contributed by atoms with van der Waals surface area (Å²) in [7, 11) is 0. The van der Waals surface area contributed by atoms with Crippen LogP contribution in [0, 0.1) is 0 Å². The van der Waals surface area contributed by atoms with Crippen LogP contribution in [0.1, 0.15) is 12.5 Å². The van der Waals surface area contributed by atoms with Crippen molar-refractivity contribution in [3.63, 3.8) is 0 Å². The molecular formula is C11H16ClN3O. The Kier molecular flexibility index (Phi) is 4.58. The highest BCUT2D eigenvalue weighted by atomic mass is 35.5. The van der Waals surface area contributed by atoms with Crippen molar-refractivity contribution >= 4 is 23.2 Å². The maximum absolute atomic E-state index is 10.8. The summed E-state index contributed by atoms with van der Waals surface area (Å²) in [5.74, 6) is -0.354. The summed E-state index contributed by atoms with van der Waals surface area (Å²) in [6.45, 7) is 3.41. The fourth-order valence-corrected chi connectivity index (χ4v) is 1.71. The molecule has 0 unspecified atom stereocenters. The molecule has 16 heavy (non-hydrogen) atoms. The Bertz CT molecular complexity index is 361. The third-order valence-corrected chi connectivity index (χ3v) is 2.72. The number of benzene rings is 1. The van der Waals surface area contributed by atoms with Crippen LogP contribution in [-0.2, 0) is 11.3 Å². The Balaban J connectivity index is 2.81. The van der Waals surface area contributed by atoms with Crippen LogP contribution >= 0.6 is 11.6 Å². The zero-order valence-corrected chi connectivity index (χ0v) is 10.00. The van der Waals surface area contributed by atoms with Gasteiger partial charge >= 0.3 is 0 Å². The van der Waals surface area contributed by atoms with Gasteiger partial charge in [0.05, 0.1) is 6.54 Å². The molecule has 4 N–H and O–H groups in total. The minimum absolute atomic E-state index is 0.209. The number of nitrogens with zero attached hydrogens (tertiary/aromatic N) is 1. The lowest BCUT2D eigenvalue weighted by atomic mass is 10.1. The van der Waals surface area contributed by atoms with E-state index in [0.29, 0.717) is 23.8 Å². The molecule has 0 bridgehead atoms. The number of nitrogens with two attached hydrogens (primary N) is 2. The molecule has 1 rings (SSSR count). The minimum atomic E-state index is -0.354. The molecule has 0 radical (unpaired) electrons. The quantitative estimate of drug-likeness (QED) is 0.762. The number of carbonyl (C=O) groups excluding carboxylic acids is 1. The number of nitrogen functional groups attached to an aromatic ring is 1. The van der Waals surface area contributed by atoms with E-state index in [1.165, 1.54) is 0 Å². The van der Waals surface area contributed by atoms with Crippen LogP contribution in [-0.4, -0.2) is 23.9 Å². The van der Waals surface area contributed by atoms with E-state index in [4.69, 9.17) is 23.1 Å². The summed E-state index contributed by atoms with van der Waals surface area (Å²) in [6, 6.07) is 5.37. The minimum Gasteiger partial charge on any atom is -0.398 e. The van der Waals surface area contributed by atoms with Gasteiger partial charge < -0.3 is 11.5 Å². The molecule has 1 aromatic carbocycles. The maximum Gasteiger partial charge on any atom is 0.231 e. The second kappa shape index (κ2) is 5.72. The summed E-state index contributed by atoms with van der Waals surface area (Å²) in [5, 5.41) is 0.614. The number of anilines is 1. The van der Waals surface area contributed by atoms with Crippen LogP contribution < -0.4 is 11.5 Å². The predicted octanol–water partition coefficient (Wildman–Crippen LogP) is 1.23. The highest BCUT2D eigenvalue weighted by Gasteiger charge is 2.11. The highest BCUT2D eigenvalue weighted by molar-refractivity contribution is 6.31. The summed E-state index contributed by atoms with van der Waals surface area (Å²) >= 11 is 6.04. The van der Waals surface area contributed by atoms with Crippen LogP contribution in [0.4, 0.5) is 5.69 Å². The topological polar surface area (TPSA) is 72.3 Å². The number of hydrogen-bond donors (Lipinski definition) is 2. The van der Waals surface area contributed by atoms with Crippen molar-refractivity contribution in [3.8, 4) is 0 Å². The number of primary amides is 1. The van der Waals surface area contributed by atoms with Gasteiger partial charge in [-0.15, -0.1) is 0 Å². The van der Waals surface area contributed by atoms with Gasteiger partial charge in [0.25, 0.3) is 0 Å². The third kappa shape index (κ3) is 3.40. The first-order valence-corrected chi connectivity index (χ1v) is 5.46. The molecule has 88 valence electrons. The summed E-state index contributed by atoms with van der Waals surface area (Å²) < 4.78 is 0. The van der Waals surface area contributed by atoms with E-state index in [-0.39, 0.29) is 12.5 Å². The SMILES string of the molecule is CCN(CC(N)=O)Cc1c(N)cccc1Cl. The average molecular weight is 242 g/mol. The number of carbonyl (C=O) groups is 1. The molecule has 0 aliphatic carbocycles. The van der Waals surface area contributed by atoms with Gasteiger partial charge in [-0.25, -0.2) is 0 Å². The Morgan fingerprint density at radius 3 is 2.69 bits per heavy atom. The number of hydrogen-bond acceptors (Lipinski definition) is 3. The Labute approximate surface area is 100 Å². The van der Waals surface area contributed by atoms with Gasteiger partial charge in [-0.1, -0.05) is 24.6 Å². The highest BCUT2D eigenvalue weighted by Crippen LogP contribution is 2.23. The molecule has 0 aromatic heterocycles. The summed E-state index contributed by atoms with van der Waals surface area (Å²) in [4.78, 5) is 12.7. The van der Waals surface area contributed by atoms with E-state index in [0.717, 1.165) is 5.56 Å². The van der Waals surface area contributed by atoms with Gasteiger partial charge in [0.2, 0.25) is 5.91 Å². The Morgan fingerprint density at radius 2 is 2.19 bits per heavy atom. The fraction of sp³-hybridized carbons (Fsp3) is 0.364. The van der Waals surface area contributed by atoms with Crippen molar-refractivity contribution in [1.29, 1.82) is 0 Å². The first-order valence-electron chi connectivity index (χ1n) is 5.08. The second-order valence-corrected chi connectivity index (χ2v) is 3.98. The molecule has 1 aromatic rings. The average Bonchev–Trinajstić information content (AvgIpc) is 2.21. The van der Waals surface area contributed by atoms with E-state index in [9.17, 15) is 4.79 Å². The third-order valence-electron chi connectivity index (χ3n) is 2.36. The molecule has 0 saturated carbocycles. The Hall–Kier alpha value is -1.26. The van der Waals surface area contributed by atoms with Crippen LogP contribution in [0.25, 0.3) is 0 Å².